The van der Waals surface area contributed by atoms with Crippen molar-refractivity contribution in [3.8, 4) is 5.75 Å². The van der Waals surface area contributed by atoms with E-state index in [4.69, 9.17) is 4.74 Å². The van der Waals surface area contributed by atoms with E-state index < -0.39 is 0 Å². The minimum Gasteiger partial charge on any atom is -0.483 e. The van der Waals surface area contributed by atoms with E-state index in [0.717, 1.165) is 20.8 Å². The van der Waals surface area contributed by atoms with Crippen LogP contribution in [-0.4, -0.2) is 18.4 Å². The molecular weight excluding hydrogens is 446 g/mol. The van der Waals surface area contributed by atoms with Crippen LogP contribution < -0.4 is 20.9 Å². The van der Waals surface area contributed by atoms with Crippen LogP contribution in [0.15, 0.2) is 77.4 Å². The van der Waals surface area contributed by atoms with Crippen molar-refractivity contribution in [1.29, 1.82) is 0 Å². The van der Waals surface area contributed by atoms with E-state index >= 15 is 0 Å². The van der Waals surface area contributed by atoms with Crippen LogP contribution in [0.1, 0.15) is 12.0 Å². The van der Waals surface area contributed by atoms with Gasteiger partial charge in [-0.25, -0.2) is 0 Å². The Labute approximate surface area is 183 Å². The van der Waals surface area contributed by atoms with Gasteiger partial charge in [0.2, 0.25) is 5.91 Å². The van der Waals surface area contributed by atoms with E-state index in [2.05, 4.69) is 38.7 Å². The van der Waals surface area contributed by atoms with Crippen molar-refractivity contribution in [2.75, 3.05) is 11.9 Å². The Balaban J connectivity index is 1.41. The Kier molecular flexibility index (Phi) is 7.08. The zero-order valence-electron chi connectivity index (χ0n) is 16.5. The van der Waals surface area contributed by atoms with Crippen LogP contribution >= 0.6 is 15.9 Å². The maximum atomic E-state index is 12.2. The topological polar surface area (TPSA) is 79.5 Å². The zero-order valence-corrected chi connectivity index (χ0v) is 18.1. The number of fused-ring (bicyclic) bond motifs is 1. The summed E-state index contributed by atoms with van der Waals surface area (Å²) in [5.41, 5.74) is 7.10. The fraction of sp³-hybridized carbons (Fsp3) is 0.130. The molecule has 0 aliphatic heterocycles. The standard InChI is InChI=1S/C23H22BrN3O3/c1-15-11-19(24)8-10-21(15)30-14-23(29)27-26-16(2)12-22(28)25-20-9-7-17-5-3-4-6-18(17)13-20/h3-11,13,26H,2,12,14H2,1H3,(H,25,28)(H,27,29). The minimum atomic E-state index is -0.381. The molecule has 0 spiro atoms. The third kappa shape index (κ3) is 6.09. The molecular formula is C23H22BrN3O3. The molecule has 3 aromatic carbocycles. The van der Waals surface area contributed by atoms with Crippen LogP contribution in [0.5, 0.6) is 5.75 Å². The van der Waals surface area contributed by atoms with Crippen molar-refractivity contribution in [2.45, 2.75) is 13.3 Å². The average molecular weight is 468 g/mol. The Hall–Kier alpha value is -3.32. The lowest BCUT2D eigenvalue weighted by molar-refractivity contribution is -0.124. The maximum absolute atomic E-state index is 12.2. The van der Waals surface area contributed by atoms with Crippen LogP contribution in [0.2, 0.25) is 0 Å². The molecule has 3 aromatic rings. The van der Waals surface area contributed by atoms with Gasteiger partial charge >= 0.3 is 0 Å². The fourth-order valence-electron chi connectivity index (χ4n) is 2.82. The third-order valence-electron chi connectivity index (χ3n) is 4.28. The predicted octanol–water partition coefficient (Wildman–Crippen LogP) is 4.45. The number of hydrogen-bond acceptors (Lipinski definition) is 4. The molecule has 0 saturated heterocycles. The summed E-state index contributed by atoms with van der Waals surface area (Å²) in [5, 5.41) is 4.97. The van der Waals surface area contributed by atoms with Gasteiger partial charge in [0.1, 0.15) is 5.75 Å². The second-order valence-corrected chi connectivity index (χ2v) is 7.68. The molecule has 30 heavy (non-hydrogen) atoms. The first-order valence-corrected chi connectivity index (χ1v) is 10.1. The van der Waals surface area contributed by atoms with Gasteiger partial charge in [-0.1, -0.05) is 52.8 Å². The number of aryl methyl sites for hydroxylation is 1. The zero-order chi connectivity index (χ0) is 21.5. The Bertz CT molecular complexity index is 1100. The van der Waals surface area contributed by atoms with Gasteiger partial charge in [-0.15, -0.1) is 0 Å². The van der Waals surface area contributed by atoms with Crippen molar-refractivity contribution in [1.82, 2.24) is 10.9 Å². The number of anilines is 1. The molecule has 0 radical (unpaired) electrons. The Morgan fingerprint density at radius 3 is 2.50 bits per heavy atom. The lowest BCUT2D eigenvalue weighted by Gasteiger charge is -2.13. The second kappa shape index (κ2) is 9.93. The van der Waals surface area contributed by atoms with Gasteiger partial charge < -0.3 is 15.5 Å². The number of amides is 2. The molecule has 6 nitrogen and oxygen atoms in total. The molecule has 7 heteroatoms. The number of carbonyl (C=O) groups is 2. The van der Waals surface area contributed by atoms with Crippen LogP contribution in [0.4, 0.5) is 5.69 Å². The first kappa shape index (κ1) is 21.4. The van der Waals surface area contributed by atoms with Crippen molar-refractivity contribution >= 4 is 44.2 Å². The quantitative estimate of drug-likeness (QED) is 0.427. The molecule has 3 N–H and O–H groups in total. The number of hydrogen-bond donors (Lipinski definition) is 3. The second-order valence-electron chi connectivity index (χ2n) is 6.76. The first-order chi connectivity index (χ1) is 14.4. The Morgan fingerprint density at radius 2 is 1.73 bits per heavy atom. The van der Waals surface area contributed by atoms with Crippen molar-refractivity contribution in [3.05, 3.63) is 83.0 Å². The number of carbonyl (C=O) groups excluding carboxylic acids is 2. The molecule has 0 saturated carbocycles. The summed E-state index contributed by atoms with van der Waals surface area (Å²) >= 11 is 3.38. The number of hydrazine groups is 1. The predicted molar refractivity (Wildman–Crippen MR) is 122 cm³/mol. The van der Waals surface area contributed by atoms with Gasteiger partial charge in [-0.3, -0.25) is 15.0 Å². The number of nitrogens with one attached hydrogen (secondary N) is 3. The highest BCUT2D eigenvalue weighted by Crippen LogP contribution is 2.22. The maximum Gasteiger partial charge on any atom is 0.276 e. The van der Waals surface area contributed by atoms with E-state index in [1.807, 2.05) is 61.5 Å². The molecule has 0 heterocycles. The highest BCUT2D eigenvalue weighted by molar-refractivity contribution is 9.10. The number of benzene rings is 3. The lowest BCUT2D eigenvalue weighted by atomic mass is 10.1. The molecule has 0 unspecified atom stereocenters. The normalized spacial score (nSPS) is 10.3. The van der Waals surface area contributed by atoms with E-state index in [-0.39, 0.29) is 24.8 Å². The summed E-state index contributed by atoms with van der Waals surface area (Å²) in [4.78, 5) is 24.2. The van der Waals surface area contributed by atoms with Crippen LogP contribution in [0, 0.1) is 6.92 Å². The highest BCUT2D eigenvalue weighted by atomic mass is 79.9. The summed E-state index contributed by atoms with van der Waals surface area (Å²) < 4.78 is 6.44. The van der Waals surface area contributed by atoms with E-state index in [9.17, 15) is 9.59 Å². The van der Waals surface area contributed by atoms with Crippen LogP contribution in [-0.2, 0) is 9.59 Å². The average Bonchev–Trinajstić information content (AvgIpc) is 2.71. The fourth-order valence-corrected chi connectivity index (χ4v) is 3.30. The molecule has 0 atom stereocenters. The lowest BCUT2D eigenvalue weighted by Crippen LogP contribution is -2.40. The molecule has 0 aliphatic carbocycles. The van der Waals surface area contributed by atoms with Crippen LogP contribution in [0.25, 0.3) is 10.8 Å². The first-order valence-electron chi connectivity index (χ1n) is 9.31. The van der Waals surface area contributed by atoms with Gasteiger partial charge in [-0.2, -0.15) is 0 Å². The molecule has 3 rings (SSSR count). The van der Waals surface area contributed by atoms with Gasteiger partial charge in [0, 0.05) is 15.9 Å². The highest BCUT2D eigenvalue weighted by Gasteiger charge is 2.08. The van der Waals surface area contributed by atoms with Crippen molar-refractivity contribution in [3.63, 3.8) is 0 Å². The summed E-state index contributed by atoms with van der Waals surface area (Å²) in [6.07, 6.45) is 0.0137. The summed E-state index contributed by atoms with van der Waals surface area (Å²) in [6, 6.07) is 19.2. The van der Waals surface area contributed by atoms with Gasteiger partial charge in [0.25, 0.3) is 5.91 Å². The monoisotopic (exact) mass is 467 g/mol. The van der Waals surface area contributed by atoms with E-state index in [0.29, 0.717) is 17.1 Å². The number of ether oxygens (including phenoxy) is 1. The van der Waals surface area contributed by atoms with Gasteiger partial charge in [0.05, 0.1) is 6.42 Å². The molecule has 0 bridgehead atoms. The smallest absolute Gasteiger partial charge is 0.276 e. The molecule has 0 aromatic heterocycles. The third-order valence-corrected chi connectivity index (χ3v) is 4.77. The van der Waals surface area contributed by atoms with Crippen molar-refractivity contribution in [2.24, 2.45) is 0 Å². The molecule has 2 amide bonds. The van der Waals surface area contributed by atoms with Gasteiger partial charge in [-0.05, 0) is 53.6 Å². The van der Waals surface area contributed by atoms with Crippen LogP contribution in [0.3, 0.4) is 0 Å². The Morgan fingerprint density at radius 1 is 0.967 bits per heavy atom. The van der Waals surface area contributed by atoms with E-state index in [1.165, 1.54) is 0 Å². The minimum absolute atomic E-state index is 0.0137. The SMILES string of the molecule is C=C(CC(=O)Nc1ccc2ccccc2c1)NNC(=O)COc1ccc(Br)cc1C. The molecule has 0 fully saturated rings. The summed E-state index contributed by atoms with van der Waals surface area (Å²) in [6.45, 7) is 5.50. The largest absolute Gasteiger partial charge is 0.483 e. The molecule has 0 aliphatic rings. The number of rotatable bonds is 8. The summed E-state index contributed by atoms with van der Waals surface area (Å²) in [5.74, 6) is 0.00844. The van der Waals surface area contributed by atoms with E-state index in [1.54, 1.807) is 6.07 Å². The van der Waals surface area contributed by atoms with Crippen molar-refractivity contribution < 1.29 is 14.3 Å². The molecule has 154 valence electrons. The summed E-state index contributed by atoms with van der Waals surface area (Å²) in [7, 11) is 0. The van der Waals surface area contributed by atoms with Gasteiger partial charge in [0.15, 0.2) is 6.61 Å². The number of halogens is 1.